The van der Waals surface area contributed by atoms with E-state index in [9.17, 15) is 9.18 Å². The highest BCUT2D eigenvalue weighted by Crippen LogP contribution is 2.48. The number of likely N-dealkylation sites (tertiary alicyclic amines) is 1. The molecule has 1 spiro atoms. The highest BCUT2D eigenvalue weighted by molar-refractivity contribution is 6.54. The number of anilines is 1. The Morgan fingerprint density at radius 1 is 0.979 bits per heavy atom. The van der Waals surface area contributed by atoms with E-state index >= 15 is 17.6 Å². The smallest absolute Gasteiger partial charge is 0.457 e. The molecule has 3 aliphatic heterocycles. The maximum atomic E-state index is 15.9. The highest BCUT2D eigenvalue weighted by Gasteiger charge is 2.53. The first-order valence-electron chi connectivity index (χ1n) is 16.0. The van der Waals surface area contributed by atoms with Crippen molar-refractivity contribution in [2.75, 3.05) is 37.7 Å². The van der Waals surface area contributed by atoms with Gasteiger partial charge in [-0.15, -0.1) is 0 Å². The first kappa shape index (κ1) is 35.9. The maximum absolute atomic E-state index is 15.9. The first-order valence-corrected chi connectivity index (χ1v) is 16.0. The largest absolute Gasteiger partial charge is 0.525 e. The van der Waals surface area contributed by atoms with Crippen LogP contribution in [0.4, 0.5) is 32.4 Å². The quantitative estimate of drug-likeness (QED) is 0.233. The standard InChI is InChI=1S/C34H42BF5N2O6/c1-30(2,3)46-29(43)41-15-13-33(14-16-41)21-42(17-18-44-33)28-22(19-26(37)35-47-31(4,5)32(6,7)48-35)11-12-25(27(28)34(38,39)40)45-24-10-8-9-23(36)20-24/h8-12,19-20H,13-18,21H2,1-7H3/b26-19-. The van der Waals surface area contributed by atoms with Crippen LogP contribution in [-0.4, -0.2) is 73.3 Å². The molecule has 0 unspecified atom stereocenters. The summed E-state index contributed by atoms with van der Waals surface area (Å²) in [5, 5.41) is 0. The Morgan fingerprint density at radius 3 is 2.21 bits per heavy atom. The summed E-state index contributed by atoms with van der Waals surface area (Å²) >= 11 is 0. The van der Waals surface area contributed by atoms with Crippen LogP contribution in [0.25, 0.3) is 6.08 Å². The molecule has 0 atom stereocenters. The van der Waals surface area contributed by atoms with Gasteiger partial charge in [-0.25, -0.2) is 13.6 Å². The van der Waals surface area contributed by atoms with Crippen LogP contribution in [-0.2, 0) is 25.0 Å². The summed E-state index contributed by atoms with van der Waals surface area (Å²) in [5.74, 6) is -1.39. The number of hydrogen-bond acceptors (Lipinski definition) is 7. The number of ether oxygens (including phenoxy) is 3. The molecule has 0 N–H and O–H groups in total. The second-order valence-electron chi connectivity index (χ2n) is 14.5. The zero-order chi connectivity index (χ0) is 35.3. The predicted molar refractivity (Wildman–Crippen MR) is 171 cm³/mol. The topological polar surface area (TPSA) is 69.7 Å². The van der Waals surface area contributed by atoms with Crippen LogP contribution in [0.5, 0.6) is 11.5 Å². The van der Waals surface area contributed by atoms with E-state index in [1.165, 1.54) is 23.1 Å². The van der Waals surface area contributed by atoms with Crippen LogP contribution < -0.4 is 9.64 Å². The van der Waals surface area contributed by atoms with Crippen LogP contribution in [0, 0.1) is 5.82 Å². The fourth-order valence-electron chi connectivity index (χ4n) is 6.00. The van der Waals surface area contributed by atoms with Gasteiger partial charge in [0.15, 0.2) is 0 Å². The molecule has 3 heterocycles. The van der Waals surface area contributed by atoms with Gasteiger partial charge in [0, 0.05) is 37.8 Å². The van der Waals surface area contributed by atoms with Gasteiger partial charge in [0.2, 0.25) is 0 Å². The van der Waals surface area contributed by atoms with Gasteiger partial charge in [0.1, 0.15) is 34.2 Å². The number of halogens is 5. The van der Waals surface area contributed by atoms with Crippen molar-refractivity contribution in [1.29, 1.82) is 0 Å². The lowest BCUT2D eigenvalue weighted by Gasteiger charge is -2.48. The van der Waals surface area contributed by atoms with Gasteiger partial charge in [0.25, 0.3) is 0 Å². The minimum Gasteiger partial charge on any atom is -0.457 e. The average Bonchev–Trinajstić information content (AvgIpc) is 3.19. The lowest BCUT2D eigenvalue weighted by atomic mass is 9.85. The maximum Gasteiger partial charge on any atom is 0.525 e. The molecular formula is C34H42BF5N2O6. The second-order valence-corrected chi connectivity index (χ2v) is 14.5. The predicted octanol–water partition coefficient (Wildman–Crippen LogP) is 8.18. The molecule has 0 radical (unpaired) electrons. The number of carbonyl (C=O) groups is 1. The van der Waals surface area contributed by atoms with Crippen LogP contribution in [0.3, 0.4) is 0 Å². The Kier molecular flexibility index (Phi) is 9.61. The Bertz CT molecular complexity index is 1530. The molecule has 262 valence electrons. The van der Waals surface area contributed by atoms with E-state index in [0.29, 0.717) is 12.8 Å². The van der Waals surface area contributed by atoms with E-state index in [-0.39, 0.29) is 49.8 Å². The van der Waals surface area contributed by atoms with Gasteiger partial charge in [-0.3, -0.25) is 0 Å². The van der Waals surface area contributed by atoms with Crippen molar-refractivity contribution in [3.8, 4) is 11.5 Å². The number of morpholine rings is 1. The lowest BCUT2D eigenvalue weighted by molar-refractivity contribution is -0.138. The third kappa shape index (κ3) is 7.76. The summed E-state index contributed by atoms with van der Waals surface area (Å²) in [5.41, 5.74) is -5.78. The lowest BCUT2D eigenvalue weighted by Crippen LogP contribution is -2.58. The van der Waals surface area contributed by atoms with Gasteiger partial charge >= 0.3 is 19.4 Å². The van der Waals surface area contributed by atoms with Crippen molar-refractivity contribution in [3.05, 3.63) is 59.1 Å². The third-order valence-corrected chi connectivity index (χ3v) is 9.14. The van der Waals surface area contributed by atoms with E-state index in [0.717, 1.165) is 24.3 Å². The van der Waals surface area contributed by atoms with Crippen LogP contribution in [0.15, 0.2) is 42.1 Å². The van der Waals surface area contributed by atoms with Crippen molar-refractivity contribution < 1.29 is 50.3 Å². The number of amides is 1. The molecule has 48 heavy (non-hydrogen) atoms. The molecule has 5 rings (SSSR count). The summed E-state index contributed by atoms with van der Waals surface area (Å²) in [7, 11) is -1.44. The van der Waals surface area contributed by atoms with Gasteiger partial charge < -0.3 is 33.3 Å². The SMILES string of the molecule is CC(C)(C)OC(=O)N1CCC2(CC1)CN(c1c(/C=C(\F)B3OC(C)(C)C(C)(C)O3)ccc(Oc3cccc(F)c3)c1C(F)(F)F)CCO2. The Labute approximate surface area is 278 Å². The van der Waals surface area contributed by atoms with E-state index in [1.54, 1.807) is 53.4 Å². The molecule has 2 aromatic carbocycles. The third-order valence-electron chi connectivity index (χ3n) is 9.14. The second kappa shape index (κ2) is 12.8. The van der Waals surface area contributed by atoms with Crippen molar-refractivity contribution >= 4 is 25.0 Å². The zero-order valence-corrected chi connectivity index (χ0v) is 28.3. The molecule has 0 saturated carbocycles. The van der Waals surface area contributed by atoms with Crippen LogP contribution >= 0.6 is 0 Å². The van der Waals surface area contributed by atoms with Crippen molar-refractivity contribution in [2.24, 2.45) is 0 Å². The highest BCUT2D eigenvalue weighted by atomic mass is 19.4. The summed E-state index contributed by atoms with van der Waals surface area (Å²) < 4.78 is 104. The van der Waals surface area contributed by atoms with Crippen LogP contribution in [0.2, 0.25) is 0 Å². The van der Waals surface area contributed by atoms with Crippen molar-refractivity contribution in [1.82, 2.24) is 4.90 Å². The summed E-state index contributed by atoms with van der Waals surface area (Å²) in [6, 6.07) is 7.22. The Hall–Kier alpha value is -3.36. The minimum atomic E-state index is -4.96. The molecule has 3 aliphatic rings. The van der Waals surface area contributed by atoms with E-state index in [4.69, 9.17) is 23.5 Å². The fraction of sp³-hybridized carbons (Fsp3) is 0.559. The fourth-order valence-corrected chi connectivity index (χ4v) is 6.00. The van der Waals surface area contributed by atoms with E-state index in [2.05, 4.69) is 0 Å². The van der Waals surface area contributed by atoms with Gasteiger partial charge in [-0.2, -0.15) is 13.2 Å². The molecule has 3 saturated heterocycles. The number of hydrogen-bond donors (Lipinski definition) is 0. The average molecular weight is 681 g/mol. The molecule has 0 bridgehead atoms. The molecule has 14 heteroatoms. The molecule has 2 aromatic rings. The number of alkyl halides is 3. The molecule has 8 nitrogen and oxygen atoms in total. The van der Waals surface area contributed by atoms with E-state index in [1.807, 2.05) is 0 Å². The zero-order valence-electron chi connectivity index (χ0n) is 28.3. The number of nitrogens with zero attached hydrogens (tertiary/aromatic N) is 2. The normalized spacial score (nSPS) is 21.1. The Morgan fingerprint density at radius 2 is 1.62 bits per heavy atom. The minimum absolute atomic E-state index is 0.0284. The molecule has 1 amide bonds. The number of rotatable bonds is 5. The van der Waals surface area contributed by atoms with E-state index < -0.39 is 64.6 Å². The van der Waals surface area contributed by atoms with Gasteiger partial charge in [0.05, 0.1) is 29.1 Å². The monoisotopic (exact) mass is 680 g/mol. The van der Waals surface area contributed by atoms with Gasteiger partial charge in [-0.05, 0) is 91.6 Å². The van der Waals surface area contributed by atoms with Crippen molar-refractivity contribution in [2.45, 2.75) is 89.9 Å². The molecule has 0 aliphatic carbocycles. The molecule has 0 aromatic heterocycles. The number of piperidine rings is 1. The first-order chi connectivity index (χ1) is 22.2. The van der Waals surface area contributed by atoms with Gasteiger partial charge in [-0.1, -0.05) is 6.07 Å². The Balaban J connectivity index is 1.54. The summed E-state index contributed by atoms with van der Waals surface area (Å²) in [6.45, 7) is 13.0. The molecule has 3 fully saturated rings. The number of benzene rings is 2. The number of carbonyl (C=O) groups excluding carboxylic acids is 1. The summed E-state index contributed by atoms with van der Waals surface area (Å²) in [4.78, 5) is 15.8. The molecular weight excluding hydrogens is 638 g/mol. The van der Waals surface area contributed by atoms with Crippen LogP contribution in [0.1, 0.15) is 72.4 Å². The summed E-state index contributed by atoms with van der Waals surface area (Å²) in [6.07, 6.45) is -3.76. The van der Waals surface area contributed by atoms with Crippen molar-refractivity contribution in [3.63, 3.8) is 0 Å².